The second-order valence-electron chi connectivity index (χ2n) is 5.49. The molecule has 0 atom stereocenters. The molecule has 5 heteroatoms. The molecule has 0 saturated heterocycles. The number of aryl methyl sites for hydroxylation is 2. The molecular weight excluding hydrogens is 254 g/mol. The normalized spacial score (nSPS) is 11.1. The van der Waals surface area contributed by atoms with Crippen molar-refractivity contribution in [2.24, 2.45) is 5.92 Å². The van der Waals surface area contributed by atoms with E-state index in [1.54, 1.807) is 4.68 Å². The van der Waals surface area contributed by atoms with Crippen molar-refractivity contribution in [2.75, 3.05) is 0 Å². The number of hydrogen-bond acceptors (Lipinski definition) is 3. The quantitative estimate of drug-likeness (QED) is 0.930. The highest BCUT2D eigenvalue weighted by Gasteiger charge is 2.21. The van der Waals surface area contributed by atoms with Crippen LogP contribution in [-0.2, 0) is 6.42 Å². The van der Waals surface area contributed by atoms with Crippen LogP contribution in [0, 0.1) is 19.8 Å². The summed E-state index contributed by atoms with van der Waals surface area (Å²) < 4.78 is 1.66. The fraction of sp³-hybridized carbons (Fsp3) is 0.400. The minimum absolute atomic E-state index is 0.0413. The molecule has 0 aliphatic heterocycles. The smallest absolute Gasteiger partial charge is 0.358 e. The maximum Gasteiger partial charge on any atom is 0.358 e. The second-order valence-corrected chi connectivity index (χ2v) is 5.49. The summed E-state index contributed by atoms with van der Waals surface area (Å²) >= 11 is 0. The van der Waals surface area contributed by atoms with Crippen LogP contribution in [0.5, 0.6) is 0 Å². The van der Waals surface area contributed by atoms with Crippen LogP contribution in [0.3, 0.4) is 0 Å². The third-order valence-corrected chi connectivity index (χ3v) is 3.16. The number of aromatic nitrogens is 3. The standard InChI is InChI=1S/C15H19N3O2/c1-9(2)7-13-14(15(19)20)16-17-18(13)12-8-10(3)5-6-11(12)4/h5-6,8-9H,7H2,1-4H3,(H,19,20). The molecule has 0 amide bonds. The predicted molar refractivity (Wildman–Crippen MR) is 76.3 cm³/mol. The number of carboxylic acid groups (broad SMARTS) is 1. The Labute approximate surface area is 118 Å². The third-order valence-electron chi connectivity index (χ3n) is 3.16. The first-order valence-corrected chi connectivity index (χ1v) is 6.65. The maximum atomic E-state index is 11.3. The van der Waals surface area contributed by atoms with Gasteiger partial charge < -0.3 is 5.11 Å². The molecule has 106 valence electrons. The van der Waals surface area contributed by atoms with Gasteiger partial charge in [-0.05, 0) is 43.4 Å². The van der Waals surface area contributed by atoms with Gasteiger partial charge in [0.15, 0.2) is 5.69 Å². The summed E-state index contributed by atoms with van der Waals surface area (Å²) in [6, 6.07) is 6.03. The SMILES string of the molecule is Cc1ccc(C)c(-n2nnc(C(=O)O)c2CC(C)C)c1. The highest BCUT2D eigenvalue weighted by atomic mass is 16.4. The van der Waals surface area contributed by atoms with Gasteiger partial charge in [0.1, 0.15) is 0 Å². The number of aromatic carboxylic acids is 1. The molecule has 2 aromatic rings. The van der Waals surface area contributed by atoms with Crippen molar-refractivity contribution < 1.29 is 9.90 Å². The van der Waals surface area contributed by atoms with Crippen LogP contribution in [0.4, 0.5) is 0 Å². The molecule has 0 saturated carbocycles. The Morgan fingerprint density at radius 2 is 2.05 bits per heavy atom. The van der Waals surface area contributed by atoms with Gasteiger partial charge in [0.2, 0.25) is 0 Å². The number of hydrogen-bond donors (Lipinski definition) is 1. The zero-order valence-electron chi connectivity index (χ0n) is 12.2. The zero-order valence-corrected chi connectivity index (χ0v) is 12.2. The summed E-state index contributed by atoms with van der Waals surface area (Å²) in [5, 5.41) is 17.1. The van der Waals surface area contributed by atoms with Gasteiger partial charge in [-0.1, -0.05) is 31.2 Å². The monoisotopic (exact) mass is 273 g/mol. The molecule has 20 heavy (non-hydrogen) atoms. The van der Waals surface area contributed by atoms with Crippen LogP contribution >= 0.6 is 0 Å². The fourth-order valence-corrected chi connectivity index (χ4v) is 2.18. The van der Waals surface area contributed by atoms with Crippen molar-refractivity contribution in [2.45, 2.75) is 34.1 Å². The summed E-state index contributed by atoms with van der Waals surface area (Å²) in [6.07, 6.45) is 0.627. The molecule has 1 aromatic heterocycles. The van der Waals surface area contributed by atoms with Gasteiger partial charge in [0.25, 0.3) is 0 Å². The van der Waals surface area contributed by atoms with E-state index in [2.05, 4.69) is 10.3 Å². The molecule has 5 nitrogen and oxygen atoms in total. The minimum atomic E-state index is -1.03. The summed E-state index contributed by atoms with van der Waals surface area (Å²) in [5.74, 6) is -0.701. The topological polar surface area (TPSA) is 68.0 Å². The average molecular weight is 273 g/mol. The van der Waals surface area contributed by atoms with Crippen molar-refractivity contribution in [1.82, 2.24) is 15.0 Å². The van der Waals surface area contributed by atoms with E-state index in [-0.39, 0.29) is 5.69 Å². The van der Waals surface area contributed by atoms with Crippen molar-refractivity contribution in [1.29, 1.82) is 0 Å². The van der Waals surface area contributed by atoms with E-state index in [0.717, 1.165) is 16.8 Å². The highest BCUT2D eigenvalue weighted by Crippen LogP contribution is 2.20. The van der Waals surface area contributed by atoms with E-state index in [0.29, 0.717) is 18.0 Å². The molecule has 0 radical (unpaired) electrons. The van der Waals surface area contributed by atoms with Gasteiger partial charge >= 0.3 is 5.97 Å². The van der Waals surface area contributed by atoms with Crippen molar-refractivity contribution in [3.63, 3.8) is 0 Å². The Hall–Kier alpha value is -2.17. The number of rotatable bonds is 4. The lowest BCUT2D eigenvalue weighted by atomic mass is 10.1. The second kappa shape index (κ2) is 5.45. The first-order chi connectivity index (χ1) is 9.40. The largest absolute Gasteiger partial charge is 0.476 e. The van der Waals surface area contributed by atoms with Gasteiger partial charge in [-0.25, -0.2) is 9.48 Å². The first-order valence-electron chi connectivity index (χ1n) is 6.65. The maximum absolute atomic E-state index is 11.3. The van der Waals surface area contributed by atoms with Gasteiger partial charge in [0, 0.05) is 0 Å². The molecule has 0 fully saturated rings. The molecule has 1 N–H and O–H groups in total. The van der Waals surface area contributed by atoms with Crippen LogP contribution in [0.15, 0.2) is 18.2 Å². The molecule has 0 bridgehead atoms. The number of carbonyl (C=O) groups is 1. The van der Waals surface area contributed by atoms with E-state index < -0.39 is 5.97 Å². The van der Waals surface area contributed by atoms with Gasteiger partial charge in [-0.3, -0.25) is 0 Å². The average Bonchev–Trinajstić information content (AvgIpc) is 2.75. The number of carboxylic acids is 1. The van der Waals surface area contributed by atoms with Gasteiger partial charge in [-0.2, -0.15) is 0 Å². The van der Waals surface area contributed by atoms with Crippen LogP contribution in [0.2, 0.25) is 0 Å². The van der Waals surface area contributed by atoms with Crippen LogP contribution in [0.25, 0.3) is 5.69 Å². The lowest BCUT2D eigenvalue weighted by Crippen LogP contribution is -2.10. The Balaban J connectivity index is 2.61. The molecule has 1 aromatic carbocycles. The summed E-state index contributed by atoms with van der Waals surface area (Å²) in [4.78, 5) is 11.3. The first kappa shape index (κ1) is 14.2. The van der Waals surface area contributed by atoms with Crippen molar-refractivity contribution >= 4 is 5.97 Å². The van der Waals surface area contributed by atoms with Crippen LogP contribution in [-0.4, -0.2) is 26.1 Å². The summed E-state index contributed by atoms with van der Waals surface area (Å²) in [7, 11) is 0. The lowest BCUT2D eigenvalue weighted by Gasteiger charge is -2.12. The molecule has 0 unspecified atom stereocenters. The van der Waals surface area contributed by atoms with Crippen molar-refractivity contribution in [3.8, 4) is 5.69 Å². The summed E-state index contributed by atoms with van der Waals surface area (Å²) in [6.45, 7) is 8.08. The highest BCUT2D eigenvalue weighted by molar-refractivity contribution is 5.86. The van der Waals surface area contributed by atoms with Crippen molar-refractivity contribution in [3.05, 3.63) is 40.7 Å². The number of nitrogens with zero attached hydrogens (tertiary/aromatic N) is 3. The molecule has 1 heterocycles. The molecule has 0 spiro atoms. The van der Waals surface area contributed by atoms with E-state index in [4.69, 9.17) is 0 Å². The zero-order chi connectivity index (χ0) is 14.9. The molecule has 0 aliphatic carbocycles. The number of benzene rings is 1. The Bertz CT molecular complexity index is 645. The predicted octanol–water partition coefficient (Wildman–Crippen LogP) is 2.78. The Morgan fingerprint density at radius 1 is 1.35 bits per heavy atom. The Morgan fingerprint density at radius 3 is 2.65 bits per heavy atom. The van der Waals surface area contributed by atoms with Gasteiger partial charge in [-0.15, -0.1) is 5.10 Å². The van der Waals surface area contributed by atoms with Crippen LogP contribution in [0.1, 0.15) is 41.2 Å². The van der Waals surface area contributed by atoms with E-state index in [1.807, 2.05) is 45.9 Å². The minimum Gasteiger partial charge on any atom is -0.476 e. The van der Waals surface area contributed by atoms with Gasteiger partial charge in [0.05, 0.1) is 11.4 Å². The molecular formula is C15H19N3O2. The summed E-state index contributed by atoms with van der Waals surface area (Å²) in [5.41, 5.74) is 3.73. The van der Waals surface area contributed by atoms with E-state index in [9.17, 15) is 9.90 Å². The third kappa shape index (κ3) is 2.71. The fourth-order valence-electron chi connectivity index (χ4n) is 2.18. The molecule has 2 rings (SSSR count). The van der Waals surface area contributed by atoms with E-state index in [1.165, 1.54) is 0 Å². The molecule has 0 aliphatic rings. The van der Waals surface area contributed by atoms with E-state index >= 15 is 0 Å². The Kier molecular flexibility index (Phi) is 3.88. The van der Waals surface area contributed by atoms with Crippen LogP contribution < -0.4 is 0 Å². The lowest BCUT2D eigenvalue weighted by molar-refractivity contribution is 0.0689.